The third kappa shape index (κ3) is 1.73. The van der Waals surface area contributed by atoms with Crippen molar-refractivity contribution in [1.29, 1.82) is 0 Å². The smallest absolute Gasteiger partial charge is 0.135 e. The van der Waals surface area contributed by atoms with Crippen LogP contribution in [0, 0.1) is 0 Å². The Bertz CT molecular complexity index is 476. The van der Waals surface area contributed by atoms with Crippen LogP contribution >= 0.6 is 11.6 Å². The number of halogens is 1. The standard InChI is InChI=1S/C11H14ClN3/c1-2-15-11(12)10-8(6-7-13)4-3-5-9(10)14-15/h3-5H,2,6-7,13H2,1H3. The molecule has 1 aromatic carbocycles. The van der Waals surface area contributed by atoms with E-state index in [0.29, 0.717) is 6.54 Å². The van der Waals surface area contributed by atoms with Crippen molar-refractivity contribution < 1.29 is 0 Å². The number of fused-ring (bicyclic) bond motifs is 1. The Morgan fingerprint density at radius 3 is 2.93 bits per heavy atom. The molecule has 0 atom stereocenters. The van der Waals surface area contributed by atoms with Crippen LogP contribution in [0.2, 0.25) is 5.15 Å². The van der Waals surface area contributed by atoms with Gasteiger partial charge < -0.3 is 5.73 Å². The molecule has 4 heteroatoms. The third-order valence-corrected chi connectivity index (χ3v) is 2.89. The fourth-order valence-corrected chi connectivity index (χ4v) is 2.16. The molecule has 80 valence electrons. The van der Waals surface area contributed by atoms with Crippen molar-refractivity contribution in [2.24, 2.45) is 5.73 Å². The molecule has 0 aliphatic heterocycles. The second-order valence-electron chi connectivity index (χ2n) is 3.46. The van der Waals surface area contributed by atoms with E-state index in [1.807, 2.05) is 23.7 Å². The van der Waals surface area contributed by atoms with Crippen molar-refractivity contribution in [3.05, 3.63) is 28.9 Å². The molecular formula is C11H14ClN3. The normalized spacial score (nSPS) is 11.1. The van der Waals surface area contributed by atoms with E-state index in [2.05, 4.69) is 11.2 Å². The van der Waals surface area contributed by atoms with E-state index < -0.39 is 0 Å². The first-order chi connectivity index (χ1) is 7.27. The predicted octanol–water partition coefficient (Wildman–Crippen LogP) is 2.21. The molecule has 0 spiro atoms. The number of hydrogen-bond donors (Lipinski definition) is 1. The van der Waals surface area contributed by atoms with E-state index in [0.717, 1.165) is 29.0 Å². The van der Waals surface area contributed by atoms with Gasteiger partial charge in [-0.15, -0.1) is 0 Å². The molecule has 2 aromatic rings. The Hall–Kier alpha value is -1.06. The van der Waals surface area contributed by atoms with E-state index in [1.54, 1.807) is 0 Å². The van der Waals surface area contributed by atoms with Gasteiger partial charge in [-0.25, -0.2) is 0 Å². The maximum absolute atomic E-state index is 6.26. The Morgan fingerprint density at radius 1 is 1.47 bits per heavy atom. The molecule has 0 unspecified atom stereocenters. The Morgan fingerprint density at radius 2 is 2.27 bits per heavy atom. The highest BCUT2D eigenvalue weighted by Gasteiger charge is 2.11. The number of aryl methyl sites for hydroxylation is 1. The molecule has 1 heterocycles. The second kappa shape index (κ2) is 4.21. The van der Waals surface area contributed by atoms with Crippen molar-refractivity contribution in [1.82, 2.24) is 9.78 Å². The summed E-state index contributed by atoms with van der Waals surface area (Å²) in [6, 6.07) is 6.03. The molecule has 0 saturated heterocycles. The van der Waals surface area contributed by atoms with Gasteiger partial charge in [-0.3, -0.25) is 4.68 Å². The van der Waals surface area contributed by atoms with Crippen LogP contribution in [0.15, 0.2) is 18.2 Å². The van der Waals surface area contributed by atoms with Crippen LogP contribution in [-0.2, 0) is 13.0 Å². The number of nitrogens with zero attached hydrogens (tertiary/aromatic N) is 2. The average Bonchev–Trinajstić information content (AvgIpc) is 2.57. The Kier molecular flexibility index (Phi) is 2.93. The van der Waals surface area contributed by atoms with Gasteiger partial charge in [0, 0.05) is 11.9 Å². The van der Waals surface area contributed by atoms with Crippen molar-refractivity contribution in [3.8, 4) is 0 Å². The first kappa shape index (κ1) is 10.5. The number of benzene rings is 1. The molecule has 15 heavy (non-hydrogen) atoms. The molecule has 3 nitrogen and oxygen atoms in total. The van der Waals surface area contributed by atoms with E-state index in [-0.39, 0.29) is 0 Å². The minimum absolute atomic E-state index is 0.632. The van der Waals surface area contributed by atoms with Gasteiger partial charge >= 0.3 is 0 Å². The maximum atomic E-state index is 6.26. The minimum atomic E-state index is 0.632. The predicted molar refractivity (Wildman–Crippen MR) is 63.2 cm³/mol. The highest BCUT2D eigenvalue weighted by Crippen LogP contribution is 2.26. The van der Waals surface area contributed by atoms with Crippen LogP contribution < -0.4 is 5.73 Å². The van der Waals surface area contributed by atoms with Gasteiger partial charge in [-0.2, -0.15) is 5.10 Å². The molecular weight excluding hydrogens is 210 g/mol. The van der Waals surface area contributed by atoms with Crippen LogP contribution in [0.1, 0.15) is 12.5 Å². The second-order valence-corrected chi connectivity index (χ2v) is 3.81. The zero-order valence-electron chi connectivity index (χ0n) is 8.70. The molecule has 2 rings (SSSR count). The van der Waals surface area contributed by atoms with Gasteiger partial charge in [0.15, 0.2) is 0 Å². The monoisotopic (exact) mass is 223 g/mol. The Labute approximate surface area is 93.8 Å². The largest absolute Gasteiger partial charge is 0.330 e. The van der Waals surface area contributed by atoms with Crippen molar-refractivity contribution in [2.45, 2.75) is 19.9 Å². The molecule has 0 aliphatic rings. The van der Waals surface area contributed by atoms with Crippen LogP contribution in [0.25, 0.3) is 10.9 Å². The van der Waals surface area contributed by atoms with Crippen molar-refractivity contribution >= 4 is 22.5 Å². The molecule has 0 saturated carbocycles. The highest BCUT2D eigenvalue weighted by molar-refractivity contribution is 6.34. The lowest BCUT2D eigenvalue weighted by Crippen LogP contribution is -2.02. The fraction of sp³-hybridized carbons (Fsp3) is 0.364. The van der Waals surface area contributed by atoms with Gasteiger partial charge in [0.05, 0.1) is 5.52 Å². The first-order valence-electron chi connectivity index (χ1n) is 5.12. The molecule has 0 bridgehead atoms. The molecule has 0 fully saturated rings. The van der Waals surface area contributed by atoms with E-state index in [4.69, 9.17) is 17.3 Å². The maximum Gasteiger partial charge on any atom is 0.135 e. The lowest BCUT2D eigenvalue weighted by Gasteiger charge is -2.00. The summed E-state index contributed by atoms with van der Waals surface area (Å²) in [7, 11) is 0. The van der Waals surface area contributed by atoms with Gasteiger partial charge in [-0.05, 0) is 31.5 Å². The fourth-order valence-electron chi connectivity index (χ4n) is 1.78. The number of nitrogens with two attached hydrogens (primary N) is 1. The summed E-state index contributed by atoms with van der Waals surface area (Å²) in [5, 5.41) is 6.18. The summed E-state index contributed by atoms with van der Waals surface area (Å²) < 4.78 is 1.81. The summed E-state index contributed by atoms with van der Waals surface area (Å²) in [6.45, 7) is 3.45. The summed E-state index contributed by atoms with van der Waals surface area (Å²) in [5.41, 5.74) is 7.70. The molecule has 0 aliphatic carbocycles. The zero-order valence-corrected chi connectivity index (χ0v) is 9.46. The van der Waals surface area contributed by atoms with Gasteiger partial charge in [0.1, 0.15) is 5.15 Å². The van der Waals surface area contributed by atoms with Gasteiger partial charge in [0.25, 0.3) is 0 Å². The van der Waals surface area contributed by atoms with Crippen LogP contribution in [0.5, 0.6) is 0 Å². The highest BCUT2D eigenvalue weighted by atomic mass is 35.5. The van der Waals surface area contributed by atoms with Crippen LogP contribution in [0.4, 0.5) is 0 Å². The van der Waals surface area contributed by atoms with E-state index in [9.17, 15) is 0 Å². The van der Waals surface area contributed by atoms with Crippen LogP contribution in [0.3, 0.4) is 0 Å². The quantitative estimate of drug-likeness (QED) is 0.867. The van der Waals surface area contributed by atoms with E-state index >= 15 is 0 Å². The van der Waals surface area contributed by atoms with Gasteiger partial charge in [-0.1, -0.05) is 23.7 Å². The zero-order chi connectivity index (χ0) is 10.8. The summed E-state index contributed by atoms with van der Waals surface area (Å²) in [4.78, 5) is 0. The third-order valence-electron chi connectivity index (χ3n) is 2.50. The molecule has 1 aromatic heterocycles. The van der Waals surface area contributed by atoms with Crippen LogP contribution in [-0.4, -0.2) is 16.3 Å². The number of rotatable bonds is 3. The van der Waals surface area contributed by atoms with Gasteiger partial charge in [0.2, 0.25) is 0 Å². The number of aromatic nitrogens is 2. The summed E-state index contributed by atoms with van der Waals surface area (Å²) in [5.74, 6) is 0. The lowest BCUT2D eigenvalue weighted by molar-refractivity contribution is 0.669. The SMILES string of the molecule is CCn1nc2cccc(CCN)c2c1Cl. The summed E-state index contributed by atoms with van der Waals surface area (Å²) in [6.07, 6.45) is 0.840. The van der Waals surface area contributed by atoms with Crippen molar-refractivity contribution in [3.63, 3.8) is 0 Å². The Balaban J connectivity index is 2.67. The molecule has 0 radical (unpaired) electrons. The summed E-state index contributed by atoms with van der Waals surface area (Å²) >= 11 is 6.26. The van der Waals surface area contributed by atoms with Crippen molar-refractivity contribution in [2.75, 3.05) is 6.54 Å². The first-order valence-corrected chi connectivity index (χ1v) is 5.49. The average molecular weight is 224 g/mol. The topological polar surface area (TPSA) is 43.8 Å². The lowest BCUT2D eigenvalue weighted by atomic mass is 10.1. The van der Waals surface area contributed by atoms with E-state index in [1.165, 1.54) is 5.56 Å². The minimum Gasteiger partial charge on any atom is -0.330 e. The number of hydrogen-bond acceptors (Lipinski definition) is 2. The molecule has 2 N–H and O–H groups in total. The molecule has 0 amide bonds.